The van der Waals surface area contributed by atoms with E-state index in [1.807, 2.05) is 6.07 Å². The molecule has 0 unspecified atom stereocenters. The van der Waals surface area contributed by atoms with Crippen LogP contribution in [0.4, 0.5) is 11.4 Å². The fraction of sp³-hybridized carbons (Fsp3) is 0.385. The van der Waals surface area contributed by atoms with E-state index in [9.17, 15) is 14.9 Å². The first kappa shape index (κ1) is 14.0. The van der Waals surface area contributed by atoms with Gasteiger partial charge < -0.3 is 10.6 Å². The molecule has 2 N–H and O–H groups in total. The zero-order chi connectivity index (χ0) is 14.5. The monoisotopic (exact) mass is 274 g/mol. The van der Waals surface area contributed by atoms with Crippen LogP contribution in [0.1, 0.15) is 24.8 Å². The average molecular weight is 274 g/mol. The van der Waals surface area contributed by atoms with Crippen molar-refractivity contribution in [2.45, 2.75) is 25.3 Å². The lowest BCUT2D eigenvalue weighted by atomic mass is 10.0. The molecule has 0 aromatic heterocycles. The zero-order valence-corrected chi connectivity index (χ0v) is 10.8. The lowest BCUT2D eigenvalue weighted by Crippen LogP contribution is -2.43. The Morgan fingerprint density at radius 2 is 2.30 bits per heavy atom. The second-order valence-electron chi connectivity index (χ2n) is 4.59. The molecule has 1 saturated heterocycles. The molecule has 1 amide bonds. The third kappa shape index (κ3) is 3.10. The lowest BCUT2D eigenvalue weighted by Gasteiger charge is -2.22. The molecule has 1 fully saturated rings. The molecule has 7 nitrogen and oxygen atoms in total. The number of nitro benzene ring substituents is 1. The van der Waals surface area contributed by atoms with Crippen molar-refractivity contribution >= 4 is 17.3 Å². The molecule has 20 heavy (non-hydrogen) atoms. The number of nitriles is 1. The Kier molecular flexibility index (Phi) is 4.27. The van der Waals surface area contributed by atoms with E-state index >= 15 is 0 Å². The fourth-order valence-corrected chi connectivity index (χ4v) is 2.15. The second-order valence-corrected chi connectivity index (χ2v) is 4.59. The summed E-state index contributed by atoms with van der Waals surface area (Å²) in [4.78, 5) is 22.4. The van der Waals surface area contributed by atoms with Crippen LogP contribution < -0.4 is 10.6 Å². The third-order valence-corrected chi connectivity index (χ3v) is 3.21. The number of nitro groups is 1. The van der Waals surface area contributed by atoms with Crippen molar-refractivity contribution < 1.29 is 9.72 Å². The van der Waals surface area contributed by atoms with Crippen LogP contribution in [0.2, 0.25) is 0 Å². The largest absolute Gasteiger partial charge is 0.319 e. The smallest absolute Gasteiger partial charge is 0.294 e. The predicted molar refractivity (Wildman–Crippen MR) is 72.1 cm³/mol. The van der Waals surface area contributed by atoms with Crippen molar-refractivity contribution in [1.82, 2.24) is 5.32 Å². The summed E-state index contributed by atoms with van der Waals surface area (Å²) in [5, 5.41) is 25.4. The van der Waals surface area contributed by atoms with E-state index in [2.05, 4.69) is 10.6 Å². The van der Waals surface area contributed by atoms with E-state index in [-0.39, 0.29) is 28.9 Å². The van der Waals surface area contributed by atoms with Crippen molar-refractivity contribution in [3.63, 3.8) is 0 Å². The van der Waals surface area contributed by atoms with E-state index < -0.39 is 4.92 Å². The molecule has 0 spiro atoms. The first-order chi connectivity index (χ1) is 9.61. The van der Waals surface area contributed by atoms with Crippen LogP contribution in [0.3, 0.4) is 0 Å². The molecule has 1 aromatic carbocycles. The standard InChI is InChI=1S/C13H14N4O3/c14-8-9-4-5-10(12(7-9)17(19)20)16-13(18)11-3-1-2-6-15-11/h4-5,7,11,15H,1-3,6H2,(H,16,18)/t11-/m1/s1. The number of hydrogen-bond donors (Lipinski definition) is 2. The SMILES string of the molecule is N#Cc1ccc(NC(=O)[C@H]2CCCCN2)c([N+](=O)[O-])c1. The van der Waals surface area contributed by atoms with Gasteiger partial charge in [0.2, 0.25) is 5.91 Å². The summed E-state index contributed by atoms with van der Waals surface area (Å²) < 4.78 is 0. The molecular formula is C13H14N4O3. The van der Waals surface area contributed by atoms with Crippen LogP contribution in [0, 0.1) is 21.4 Å². The normalized spacial score (nSPS) is 18.1. The Bertz CT molecular complexity index is 573. The van der Waals surface area contributed by atoms with Gasteiger partial charge in [-0.1, -0.05) is 6.42 Å². The van der Waals surface area contributed by atoms with E-state index in [1.54, 1.807) is 0 Å². The summed E-state index contributed by atoms with van der Waals surface area (Å²) in [5.74, 6) is -0.280. The van der Waals surface area contributed by atoms with Gasteiger partial charge in [0.25, 0.3) is 5.69 Å². The quantitative estimate of drug-likeness (QED) is 0.642. The van der Waals surface area contributed by atoms with Crippen LogP contribution in [0.15, 0.2) is 18.2 Å². The third-order valence-electron chi connectivity index (χ3n) is 3.21. The lowest BCUT2D eigenvalue weighted by molar-refractivity contribution is -0.383. The number of hydrogen-bond acceptors (Lipinski definition) is 5. The van der Waals surface area contributed by atoms with Gasteiger partial charge in [-0.15, -0.1) is 0 Å². The first-order valence-corrected chi connectivity index (χ1v) is 6.34. The number of anilines is 1. The molecule has 0 aliphatic carbocycles. The maximum Gasteiger partial charge on any atom is 0.294 e. The number of amides is 1. The van der Waals surface area contributed by atoms with Gasteiger partial charge in [0, 0.05) is 6.07 Å². The number of benzene rings is 1. The van der Waals surface area contributed by atoms with Crippen LogP contribution in [0.25, 0.3) is 0 Å². The number of carbonyl (C=O) groups excluding carboxylic acids is 1. The average Bonchev–Trinajstić information content (AvgIpc) is 2.48. The van der Waals surface area contributed by atoms with Gasteiger partial charge in [-0.25, -0.2) is 0 Å². The predicted octanol–water partition coefficient (Wildman–Crippen LogP) is 1.55. The molecule has 1 aliphatic rings. The maximum atomic E-state index is 12.0. The van der Waals surface area contributed by atoms with Gasteiger partial charge in [-0.3, -0.25) is 14.9 Å². The van der Waals surface area contributed by atoms with Crippen molar-refractivity contribution in [3.05, 3.63) is 33.9 Å². The van der Waals surface area contributed by atoms with Crippen LogP contribution in [-0.4, -0.2) is 23.4 Å². The topological polar surface area (TPSA) is 108 Å². The first-order valence-electron chi connectivity index (χ1n) is 6.34. The van der Waals surface area contributed by atoms with E-state index in [4.69, 9.17) is 5.26 Å². The van der Waals surface area contributed by atoms with E-state index in [1.165, 1.54) is 12.1 Å². The Morgan fingerprint density at radius 3 is 2.90 bits per heavy atom. The van der Waals surface area contributed by atoms with Crippen LogP contribution >= 0.6 is 0 Å². The van der Waals surface area contributed by atoms with Crippen molar-refractivity contribution in [2.24, 2.45) is 0 Å². The minimum atomic E-state index is -0.606. The number of nitrogens with one attached hydrogen (secondary N) is 2. The Labute approximate surface area is 115 Å². The summed E-state index contributed by atoms with van der Waals surface area (Å²) in [6.07, 6.45) is 2.71. The van der Waals surface area contributed by atoms with Crippen molar-refractivity contribution in [2.75, 3.05) is 11.9 Å². The number of nitrogens with zero attached hydrogens (tertiary/aromatic N) is 2. The van der Waals surface area contributed by atoms with Crippen molar-refractivity contribution in [1.29, 1.82) is 5.26 Å². The number of carbonyl (C=O) groups is 1. The highest BCUT2D eigenvalue weighted by Gasteiger charge is 2.23. The Morgan fingerprint density at radius 1 is 1.50 bits per heavy atom. The zero-order valence-electron chi connectivity index (χ0n) is 10.8. The highest BCUT2D eigenvalue weighted by atomic mass is 16.6. The van der Waals surface area contributed by atoms with Gasteiger partial charge in [-0.2, -0.15) is 5.26 Å². The van der Waals surface area contributed by atoms with Crippen LogP contribution in [0.5, 0.6) is 0 Å². The fourth-order valence-electron chi connectivity index (χ4n) is 2.15. The summed E-state index contributed by atoms with van der Waals surface area (Å²) in [7, 11) is 0. The molecule has 0 radical (unpaired) electrons. The molecule has 2 rings (SSSR count). The maximum absolute atomic E-state index is 12.0. The molecule has 7 heteroatoms. The number of piperidine rings is 1. The summed E-state index contributed by atoms with van der Waals surface area (Å²) in [5.41, 5.74) is 0.0325. The van der Waals surface area contributed by atoms with Gasteiger partial charge in [0.05, 0.1) is 22.6 Å². The molecule has 0 saturated carbocycles. The molecular weight excluding hydrogens is 260 g/mol. The Balaban J connectivity index is 2.18. The van der Waals surface area contributed by atoms with Gasteiger partial charge in [-0.05, 0) is 31.5 Å². The summed E-state index contributed by atoms with van der Waals surface area (Å²) in [6.45, 7) is 0.771. The summed E-state index contributed by atoms with van der Waals surface area (Å²) in [6, 6.07) is 5.50. The van der Waals surface area contributed by atoms with Gasteiger partial charge in [0.15, 0.2) is 0 Å². The number of rotatable bonds is 3. The minimum Gasteiger partial charge on any atom is -0.319 e. The Hall–Kier alpha value is -2.46. The highest BCUT2D eigenvalue weighted by molar-refractivity contribution is 5.96. The second kappa shape index (κ2) is 6.12. The van der Waals surface area contributed by atoms with Crippen molar-refractivity contribution in [3.8, 4) is 6.07 Å². The molecule has 1 aliphatic heterocycles. The van der Waals surface area contributed by atoms with Gasteiger partial charge >= 0.3 is 0 Å². The summed E-state index contributed by atoms with van der Waals surface area (Å²) >= 11 is 0. The van der Waals surface area contributed by atoms with E-state index in [0.29, 0.717) is 0 Å². The highest BCUT2D eigenvalue weighted by Crippen LogP contribution is 2.25. The van der Waals surface area contributed by atoms with Gasteiger partial charge in [0.1, 0.15) is 5.69 Å². The molecule has 1 aromatic rings. The molecule has 1 heterocycles. The molecule has 0 bridgehead atoms. The van der Waals surface area contributed by atoms with Crippen LogP contribution in [-0.2, 0) is 4.79 Å². The molecule has 104 valence electrons. The minimum absolute atomic E-state index is 0.117. The molecule has 1 atom stereocenters. The van der Waals surface area contributed by atoms with E-state index in [0.717, 1.165) is 31.9 Å².